The van der Waals surface area contributed by atoms with Gasteiger partial charge in [-0.1, -0.05) is 35.9 Å². The van der Waals surface area contributed by atoms with Crippen molar-refractivity contribution in [3.8, 4) is 0 Å². The summed E-state index contributed by atoms with van der Waals surface area (Å²) in [7, 11) is 0. The molecular weight excluding hydrogens is 417 g/mol. The third-order valence-electron chi connectivity index (χ3n) is 4.70. The van der Waals surface area contributed by atoms with Crippen LogP contribution in [0.2, 0.25) is 5.02 Å². The molecule has 1 aromatic carbocycles. The Balaban J connectivity index is 2.27. The number of carbonyl (C=O) groups is 2. The minimum Gasteiger partial charge on any atom is -0.365 e. The maximum atomic E-state index is 13.5. The third-order valence-corrected chi connectivity index (χ3v) is 6.03. The van der Waals surface area contributed by atoms with E-state index in [1.165, 1.54) is 37.3 Å². The van der Waals surface area contributed by atoms with Gasteiger partial charge in [-0.2, -0.15) is 13.2 Å². The van der Waals surface area contributed by atoms with Crippen molar-refractivity contribution in [2.45, 2.75) is 24.9 Å². The first-order chi connectivity index (χ1) is 13.1. The number of hydrogen-bond acceptors (Lipinski definition) is 4. The Morgan fingerprint density at radius 2 is 2.00 bits per heavy atom. The standard InChI is InChI=1S/C18H16ClF3N2O3S/c1-2-24-16(26)23-14(10-6-3-4-7-11(10)19)13(15(25)18(20,21)22)17(24,27)12-8-5-9-28-12/h3-9,13-14,27H,2H2,1H3,(H,23,26). The zero-order valence-electron chi connectivity index (χ0n) is 14.5. The number of nitrogens with one attached hydrogen (secondary N) is 1. The molecule has 10 heteroatoms. The van der Waals surface area contributed by atoms with E-state index in [-0.39, 0.29) is 22.0 Å². The number of nitrogens with zero attached hydrogens (tertiary/aromatic N) is 1. The second-order valence-corrected chi connectivity index (χ2v) is 7.59. The van der Waals surface area contributed by atoms with Crippen LogP contribution in [0.25, 0.3) is 0 Å². The summed E-state index contributed by atoms with van der Waals surface area (Å²) in [6.07, 6.45) is -5.23. The minimum absolute atomic E-state index is 0.0591. The largest absolute Gasteiger partial charge is 0.450 e. The molecule has 1 fully saturated rings. The van der Waals surface area contributed by atoms with Crippen LogP contribution in [-0.4, -0.2) is 34.5 Å². The van der Waals surface area contributed by atoms with Gasteiger partial charge in [0, 0.05) is 11.6 Å². The van der Waals surface area contributed by atoms with E-state index in [9.17, 15) is 27.9 Å². The zero-order chi connectivity index (χ0) is 20.7. The highest BCUT2D eigenvalue weighted by Gasteiger charge is 2.62. The fourth-order valence-corrected chi connectivity index (χ4v) is 4.63. The number of alkyl halides is 3. The number of benzene rings is 1. The van der Waals surface area contributed by atoms with Gasteiger partial charge < -0.3 is 10.4 Å². The van der Waals surface area contributed by atoms with Gasteiger partial charge in [0.25, 0.3) is 0 Å². The average Bonchev–Trinajstić information content (AvgIpc) is 3.16. The number of carbonyl (C=O) groups excluding carboxylic acids is 2. The van der Waals surface area contributed by atoms with Gasteiger partial charge in [0.15, 0.2) is 5.72 Å². The van der Waals surface area contributed by atoms with Gasteiger partial charge in [0.05, 0.1) is 10.9 Å². The monoisotopic (exact) mass is 432 g/mol. The van der Waals surface area contributed by atoms with Crippen LogP contribution in [0.5, 0.6) is 0 Å². The van der Waals surface area contributed by atoms with Gasteiger partial charge >= 0.3 is 12.2 Å². The van der Waals surface area contributed by atoms with Gasteiger partial charge in [0.2, 0.25) is 5.78 Å². The van der Waals surface area contributed by atoms with Crippen molar-refractivity contribution in [2.75, 3.05) is 6.54 Å². The fraction of sp³-hybridized carbons (Fsp3) is 0.333. The number of amides is 2. The lowest BCUT2D eigenvalue weighted by Gasteiger charge is -2.50. The lowest BCUT2D eigenvalue weighted by molar-refractivity contribution is -0.205. The van der Waals surface area contributed by atoms with Crippen LogP contribution in [0, 0.1) is 5.92 Å². The predicted octanol–water partition coefficient (Wildman–Crippen LogP) is 4.08. The highest BCUT2D eigenvalue weighted by molar-refractivity contribution is 7.10. The highest BCUT2D eigenvalue weighted by atomic mass is 35.5. The molecule has 1 aliphatic heterocycles. The van der Waals surface area contributed by atoms with Crippen molar-refractivity contribution in [3.63, 3.8) is 0 Å². The highest BCUT2D eigenvalue weighted by Crippen LogP contribution is 2.48. The summed E-state index contributed by atoms with van der Waals surface area (Å²) in [5.74, 6) is -4.20. The number of aliphatic hydroxyl groups is 1. The van der Waals surface area contributed by atoms with Crippen molar-refractivity contribution in [1.29, 1.82) is 0 Å². The summed E-state index contributed by atoms with van der Waals surface area (Å²) in [4.78, 5) is 26.1. The van der Waals surface area contributed by atoms with Crippen molar-refractivity contribution in [1.82, 2.24) is 10.2 Å². The van der Waals surface area contributed by atoms with E-state index in [0.29, 0.717) is 0 Å². The summed E-state index contributed by atoms with van der Waals surface area (Å²) in [5.41, 5.74) is -2.37. The van der Waals surface area contributed by atoms with Gasteiger partial charge in [0.1, 0.15) is 5.92 Å². The van der Waals surface area contributed by atoms with Gasteiger partial charge in [-0.3, -0.25) is 9.69 Å². The first-order valence-corrected chi connectivity index (χ1v) is 9.58. The second-order valence-electron chi connectivity index (χ2n) is 6.24. The molecule has 2 heterocycles. The Kier molecular flexibility index (Phi) is 5.44. The summed E-state index contributed by atoms with van der Waals surface area (Å²) in [6.45, 7) is 1.39. The van der Waals surface area contributed by atoms with Gasteiger partial charge in [-0.25, -0.2) is 4.79 Å². The maximum Gasteiger partial charge on any atom is 0.450 e. The molecule has 2 N–H and O–H groups in total. The summed E-state index contributed by atoms with van der Waals surface area (Å²) < 4.78 is 40.5. The van der Waals surface area contributed by atoms with Crippen LogP contribution in [0.3, 0.4) is 0 Å². The molecule has 28 heavy (non-hydrogen) atoms. The molecule has 0 spiro atoms. The second kappa shape index (κ2) is 7.38. The molecule has 0 bridgehead atoms. The Labute approximate surface area is 167 Å². The van der Waals surface area contributed by atoms with E-state index in [1.54, 1.807) is 11.4 Å². The topological polar surface area (TPSA) is 69.6 Å². The van der Waals surface area contributed by atoms with Crippen molar-refractivity contribution < 1.29 is 27.9 Å². The van der Waals surface area contributed by atoms with Crippen LogP contribution in [0.15, 0.2) is 41.8 Å². The number of thiophene rings is 1. The van der Waals surface area contributed by atoms with E-state index >= 15 is 0 Å². The Hall–Kier alpha value is -2.10. The first-order valence-electron chi connectivity index (χ1n) is 8.32. The lowest BCUT2D eigenvalue weighted by atomic mass is 9.77. The Morgan fingerprint density at radius 1 is 1.32 bits per heavy atom. The number of halogens is 4. The Morgan fingerprint density at radius 3 is 2.54 bits per heavy atom. The fourth-order valence-electron chi connectivity index (χ4n) is 3.50. The van der Waals surface area contributed by atoms with E-state index in [4.69, 9.17) is 11.6 Å². The SMILES string of the molecule is CCN1C(=O)NC(c2ccccc2Cl)C(C(=O)C(F)(F)F)C1(O)c1cccs1. The molecule has 0 aliphatic carbocycles. The molecule has 1 aromatic heterocycles. The van der Waals surface area contributed by atoms with E-state index in [2.05, 4.69) is 5.32 Å². The number of urea groups is 1. The van der Waals surface area contributed by atoms with Gasteiger partial charge in [-0.05, 0) is 30.0 Å². The zero-order valence-corrected chi connectivity index (χ0v) is 16.1. The summed E-state index contributed by atoms with van der Waals surface area (Å²) >= 11 is 7.10. The molecular formula is C18H16ClF3N2O3S. The first kappa shape index (κ1) is 20.6. The molecule has 5 nitrogen and oxygen atoms in total. The molecule has 0 saturated carbocycles. The van der Waals surface area contributed by atoms with Gasteiger partial charge in [-0.15, -0.1) is 11.3 Å². The summed E-state index contributed by atoms with van der Waals surface area (Å²) in [6, 6.07) is 6.61. The molecule has 1 aliphatic rings. The third kappa shape index (κ3) is 3.27. The maximum absolute atomic E-state index is 13.5. The lowest BCUT2D eigenvalue weighted by Crippen LogP contribution is -2.67. The molecule has 3 rings (SSSR count). The smallest absolute Gasteiger partial charge is 0.365 e. The number of ketones is 1. The van der Waals surface area contributed by atoms with E-state index in [0.717, 1.165) is 16.2 Å². The van der Waals surface area contributed by atoms with Crippen molar-refractivity contribution >= 4 is 34.8 Å². The van der Waals surface area contributed by atoms with Crippen molar-refractivity contribution in [2.24, 2.45) is 5.92 Å². The molecule has 2 aromatic rings. The van der Waals surface area contributed by atoms with E-state index in [1.807, 2.05) is 0 Å². The normalized spacial score (nSPS) is 25.5. The number of hydrogen-bond donors (Lipinski definition) is 2. The molecule has 1 saturated heterocycles. The molecule has 0 radical (unpaired) electrons. The van der Waals surface area contributed by atoms with E-state index < -0.39 is 35.7 Å². The van der Waals surface area contributed by atoms with Crippen LogP contribution in [0.1, 0.15) is 23.4 Å². The minimum atomic E-state index is -5.23. The van der Waals surface area contributed by atoms with Crippen LogP contribution in [0.4, 0.5) is 18.0 Å². The molecule has 2 amide bonds. The summed E-state index contributed by atoms with van der Waals surface area (Å²) in [5, 5.41) is 15.5. The number of rotatable bonds is 4. The predicted molar refractivity (Wildman–Crippen MR) is 97.9 cm³/mol. The van der Waals surface area contributed by atoms with Crippen LogP contribution in [-0.2, 0) is 10.5 Å². The average molecular weight is 433 g/mol. The quantitative estimate of drug-likeness (QED) is 0.764. The number of Topliss-reactive ketones (excluding diaryl/α,β-unsaturated/α-hetero) is 1. The van der Waals surface area contributed by atoms with Crippen molar-refractivity contribution in [3.05, 3.63) is 57.2 Å². The van der Waals surface area contributed by atoms with Crippen LogP contribution < -0.4 is 5.32 Å². The molecule has 3 atom stereocenters. The molecule has 150 valence electrons. The van der Waals surface area contributed by atoms with Crippen LogP contribution >= 0.6 is 22.9 Å². The Bertz CT molecular complexity index is 890. The molecule has 3 unspecified atom stereocenters.